The van der Waals surface area contributed by atoms with E-state index in [1.165, 1.54) is 12.0 Å². The molecule has 0 spiro atoms. The lowest BCUT2D eigenvalue weighted by Crippen LogP contribution is -2.26. The smallest absolute Gasteiger partial charge is 0.255 e. The molecule has 2 rings (SSSR count). The van der Waals surface area contributed by atoms with E-state index in [4.69, 9.17) is 9.47 Å². The van der Waals surface area contributed by atoms with Gasteiger partial charge in [-0.3, -0.25) is 4.79 Å². The van der Waals surface area contributed by atoms with Crippen molar-refractivity contribution in [2.75, 3.05) is 20.8 Å². The van der Waals surface area contributed by atoms with Crippen LogP contribution < -0.4 is 14.8 Å². The number of hydrogen-bond acceptors (Lipinski definition) is 4. The summed E-state index contributed by atoms with van der Waals surface area (Å²) in [6.07, 6.45) is 0.829. The summed E-state index contributed by atoms with van der Waals surface area (Å²) in [5, 5.41) is 4.93. The van der Waals surface area contributed by atoms with Crippen molar-refractivity contribution in [3.8, 4) is 11.5 Å². The van der Waals surface area contributed by atoms with E-state index in [0.29, 0.717) is 23.6 Å². The van der Waals surface area contributed by atoms with Gasteiger partial charge in [0.25, 0.3) is 5.91 Å². The van der Waals surface area contributed by atoms with E-state index >= 15 is 0 Å². The predicted octanol–water partition coefficient (Wildman–Crippen LogP) is 2.74. The van der Waals surface area contributed by atoms with Crippen LogP contribution in [-0.2, 0) is 6.42 Å². The van der Waals surface area contributed by atoms with E-state index in [-0.39, 0.29) is 5.91 Å². The molecular formula is C15H17NO3S. The van der Waals surface area contributed by atoms with Gasteiger partial charge in [0.2, 0.25) is 0 Å². The van der Waals surface area contributed by atoms with Gasteiger partial charge in [-0.1, -0.05) is 12.1 Å². The second kappa shape index (κ2) is 6.96. The Morgan fingerprint density at radius 2 is 2.05 bits per heavy atom. The Kier molecular flexibility index (Phi) is 5.01. The summed E-state index contributed by atoms with van der Waals surface area (Å²) in [6.45, 7) is 0.597. The molecule has 1 heterocycles. The van der Waals surface area contributed by atoms with Crippen LogP contribution in [0.2, 0.25) is 0 Å². The van der Waals surface area contributed by atoms with Crippen LogP contribution in [0.15, 0.2) is 35.7 Å². The van der Waals surface area contributed by atoms with Crippen molar-refractivity contribution in [3.05, 3.63) is 46.2 Å². The Bertz CT molecular complexity index is 567. The highest BCUT2D eigenvalue weighted by Gasteiger charge is 2.15. The van der Waals surface area contributed by atoms with Crippen LogP contribution in [0.25, 0.3) is 0 Å². The molecule has 0 saturated carbocycles. The van der Waals surface area contributed by atoms with Gasteiger partial charge in [0.15, 0.2) is 11.5 Å². The SMILES string of the molecule is COc1cccc(C(=O)NCCc2cccs2)c1OC. The summed E-state index contributed by atoms with van der Waals surface area (Å²) in [7, 11) is 3.08. The Morgan fingerprint density at radius 1 is 1.20 bits per heavy atom. The highest BCUT2D eigenvalue weighted by Crippen LogP contribution is 2.30. The molecule has 1 amide bonds. The molecule has 20 heavy (non-hydrogen) atoms. The number of benzene rings is 1. The van der Waals surface area contributed by atoms with Crippen LogP contribution in [0.1, 0.15) is 15.2 Å². The molecule has 0 unspecified atom stereocenters. The maximum absolute atomic E-state index is 12.2. The van der Waals surface area contributed by atoms with Crippen molar-refractivity contribution in [1.29, 1.82) is 0 Å². The topological polar surface area (TPSA) is 47.6 Å². The lowest BCUT2D eigenvalue weighted by atomic mass is 10.1. The molecule has 0 fully saturated rings. The molecular weight excluding hydrogens is 274 g/mol. The minimum Gasteiger partial charge on any atom is -0.493 e. The van der Waals surface area contributed by atoms with Gasteiger partial charge in [0.1, 0.15) is 0 Å². The highest BCUT2D eigenvalue weighted by atomic mass is 32.1. The number of nitrogens with one attached hydrogen (secondary N) is 1. The van der Waals surface area contributed by atoms with Crippen molar-refractivity contribution in [2.24, 2.45) is 0 Å². The first-order valence-electron chi connectivity index (χ1n) is 6.28. The molecule has 1 aromatic carbocycles. The maximum Gasteiger partial charge on any atom is 0.255 e. The molecule has 106 valence electrons. The molecule has 5 heteroatoms. The number of carbonyl (C=O) groups excluding carboxylic acids is 1. The van der Waals surface area contributed by atoms with Gasteiger partial charge in [-0.2, -0.15) is 0 Å². The van der Waals surface area contributed by atoms with Crippen LogP contribution >= 0.6 is 11.3 Å². The molecule has 0 aliphatic carbocycles. The second-order valence-electron chi connectivity index (χ2n) is 4.13. The third-order valence-electron chi connectivity index (χ3n) is 2.88. The van der Waals surface area contributed by atoms with Crippen molar-refractivity contribution in [1.82, 2.24) is 5.32 Å². The van der Waals surface area contributed by atoms with E-state index in [9.17, 15) is 4.79 Å². The summed E-state index contributed by atoms with van der Waals surface area (Å²) < 4.78 is 10.4. The molecule has 2 aromatic rings. The fourth-order valence-corrected chi connectivity index (χ4v) is 2.62. The van der Waals surface area contributed by atoms with Gasteiger partial charge in [-0.25, -0.2) is 0 Å². The maximum atomic E-state index is 12.2. The molecule has 0 aliphatic rings. The van der Waals surface area contributed by atoms with Crippen LogP contribution in [0.3, 0.4) is 0 Å². The Morgan fingerprint density at radius 3 is 2.70 bits per heavy atom. The Balaban J connectivity index is 2.01. The van der Waals surface area contributed by atoms with Crippen molar-refractivity contribution >= 4 is 17.2 Å². The zero-order valence-electron chi connectivity index (χ0n) is 11.5. The van der Waals surface area contributed by atoms with Crippen LogP contribution in [-0.4, -0.2) is 26.7 Å². The van der Waals surface area contributed by atoms with E-state index < -0.39 is 0 Å². The number of amides is 1. The standard InChI is InChI=1S/C15H17NO3S/c1-18-13-7-3-6-12(14(13)19-2)15(17)16-9-8-11-5-4-10-20-11/h3-7,10H,8-9H2,1-2H3,(H,16,17). The average Bonchev–Trinajstić information content (AvgIpc) is 2.99. The van der Waals surface area contributed by atoms with Crippen molar-refractivity contribution in [3.63, 3.8) is 0 Å². The van der Waals surface area contributed by atoms with E-state index in [1.54, 1.807) is 36.6 Å². The van der Waals surface area contributed by atoms with Gasteiger partial charge in [0, 0.05) is 11.4 Å². The van der Waals surface area contributed by atoms with Crippen molar-refractivity contribution < 1.29 is 14.3 Å². The molecule has 1 aromatic heterocycles. The molecule has 0 aliphatic heterocycles. The summed E-state index contributed by atoms with van der Waals surface area (Å²) in [4.78, 5) is 13.4. The second-order valence-corrected chi connectivity index (χ2v) is 5.16. The van der Waals surface area contributed by atoms with Gasteiger partial charge >= 0.3 is 0 Å². The van der Waals surface area contributed by atoms with Gasteiger partial charge in [-0.15, -0.1) is 11.3 Å². The van der Waals surface area contributed by atoms with E-state index in [2.05, 4.69) is 11.4 Å². The monoisotopic (exact) mass is 291 g/mol. The number of methoxy groups -OCH3 is 2. The first-order valence-corrected chi connectivity index (χ1v) is 7.15. The summed E-state index contributed by atoms with van der Waals surface area (Å²) in [6, 6.07) is 9.33. The normalized spacial score (nSPS) is 10.1. The number of rotatable bonds is 6. The summed E-state index contributed by atoms with van der Waals surface area (Å²) in [5.41, 5.74) is 0.484. The molecule has 0 saturated heterocycles. The lowest BCUT2D eigenvalue weighted by molar-refractivity contribution is 0.0950. The number of thiophene rings is 1. The minimum absolute atomic E-state index is 0.155. The summed E-state index contributed by atoms with van der Waals surface area (Å²) in [5.74, 6) is 0.860. The highest BCUT2D eigenvalue weighted by molar-refractivity contribution is 7.09. The van der Waals surface area contributed by atoms with Crippen LogP contribution in [0, 0.1) is 0 Å². The fraction of sp³-hybridized carbons (Fsp3) is 0.267. The van der Waals surface area contributed by atoms with Gasteiger partial charge in [-0.05, 0) is 30.0 Å². The zero-order valence-corrected chi connectivity index (χ0v) is 12.3. The quantitative estimate of drug-likeness (QED) is 0.890. The van der Waals surface area contributed by atoms with E-state index in [0.717, 1.165) is 6.42 Å². The van der Waals surface area contributed by atoms with Crippen LogP contribution in [0.5, 0.6) is 11.5 Å². The molecule has 0 atom stereocenters. The predicted molar refractivity (Wildman–Crippen MR) is 79.9 cm³/mol. The first-order chi connectivity index (χ1) is 9.76. The average molecular weight is 291 g/mol. The number of ether oxygens (including phenoxy) is 2. The lowest BCUT2D eigenvalue weighted by Gasteiger charge is -2.12. The molecule has 0 radical (unpaired) electrons. The minimum atomic E-state index is -0.155. The third kappa shape index (κ3) is 3.30. The zero-order chi connectivity index (χ0) is 14.4. The van der Waals surface area contributed by atoms with Crippen LogP contribution in [0.4, 0.5) is 0 Å². The van der Waals surface area contributed by atoms with E-state index in [1.807, 2.05) is 11.4 Å². The van der Waals surface area contributed by atoms with Crippen molar-refractivity contribution in [2.45, 2.75) is 6.42 Å². The number of carbonyl (C=O) groups is 1. The Hall–Kier alpha value is -2.01. The molecule has 1 N–H and O–H groups in total. The molecule has 0 bridgehead atoms. The fourth-order valence-electron chi connectivity index (χ4n) is 1.92. The number of hydrogen-bond donors (Lipinski definition) is 1. The largest absolute Gasteiger partial charge is 0.493 e. The van der Waals surface area contributed by atoms with Gasteiger partial charge in [0.05, 0.1) is 19.8 Å². The summed E-state index contributed by atoms with van der Waals surface area (Å²) >= 11 is 1.69. The van der Waals surface area contributed by atoms with Gasteiger partial charge < -0.3 is 14.8 Å². The Labute approximate surface area is 122 Å². The number of para-hydroxylation sites is 1. The first kappa shape index (κ1) is 14.4. The molecule has 4 nitrogen and oxygen atoms in total. The third-order valence-corrected chi connectivity index (χ3v) is 3.82.